The second-order valence-corrected chi connectivity index (χ2v) is 6.09. The average molecular weight is 282 g/mol. The Balaban J connectivity index is 1.68. The van der Waals surface area contributed by atoms with Gasteiger partial charge in [0, 0.05) is 38.8 Å². The summed E-state index contributed by atoms with van der Waals surface area (Å²) < 4.78 is 5.15. The predicted molar refractivity (Wildman–Crippen MR) is 77.4 cm³/mol. The SMILES string of the molecule is COCCC1(CNC(=O)N[C@@H]2C=C[C@H](CO)C2)CCC1. The zero-order valence-corrected chi connectivity index (χ0v) is 12.2. The van der Waals surface area contributed by atoms with E-state index in [4.69, 9.17) is 9.84 Å². The minimum Gasteiger partial charge on any atom is -0.396 e. The molecule has 2 aliphatic carbocycles. The normalized spacial score (nSPS) is 27.1. The number of hydrogen-bond acceptors (Lipinski definition) is 3. The number of amides is 2. The molecule has 0 aliphatic heterocycles. The van der Waals surface area contributed by atoms with E-state index in [0.29, 0.717) is 0 Å². The van der Waals surface area contributed by atoms with E-state index in [1.807, 2.05) is 12.2 Å². The smallest absolute Gasteiger partial charge is 0.315 e. The fourth-order valence-electron chi connectivity index (χ4n) is 3.01. The number of hydrogen-bond donors (Lipinski definition) is 3. The van der Waals surface area contributed by atoms with Gasteiger partial charge < -0.3 is 20.5 Å². The maximum absolute atomic E-state index is 11.9. The van der Waals surface area contributed by atoms with Crippen LogP contribution in [0.2, 0.25) is 0 Å². The standard InChI is InChI=1S/C15H26N2O3/c1-20-8-7-15(5-2-6-15)11-16-14(19)17-13-4-3-12(9-13)10-18/h3-4,12-13,18H,2,5-11H2,1H3,(H2,16,17,19)/t12-,13+/m0/s1. The third kappa shape index (κ3) is 3.96. The summed E-state index contributed by atoms with van der Waals surface area (Å²) in [4.78, 5) is 11.9. The van der Waals surface area contributed by atoms with E-state index in [0.717, 1.165) is 26.0 Å². The van der Waals surface area contributed by atoms with Crippen LogP contribution in [0.5, 0.6) is 0 Å². The molecule has 1 saturated carbocycles. The number of methoxy groups -OCH3 is 1. The molecule has 2 atom stereocenters. The van der Waals surface area contributed by atoms with Crippen LogP contribution in [0.15, 0.2) is 12.2 Å². The molecule has 5 nitrogen and oxygen atoms in total. The fraction of sp³-hybridized carbons (Fsp3) is 0.800. The van der Waals surface area contributed by atoms with Gasteiger partial charge in [0.15, 0.2) is 0 Å². The largest absolute Gasteiger partial charge is 0.396 e. The van der Waals surface area contributed by atoms with Crippen LogP contribution in [0, 0.1) is 11.3 Å². The summed E-state index contributed by atoms with van der Waals surface area (Å²) in [5.74, 6) is 0.181. The van der Waals surface area contributed by atoms with Crippen molar-refractivity contribution in [1.29, 1.82) is 0 Å². The van der Waals surface area contributed by atoms with Crippen molar-refractivity contribution in [2.75, 3.05) is 26.9 Å². The molecule has 2 rings (SSSR count). The maximum Gasteiger partial charge on any atom is 0.315 e. The molecule has 0 heterocycles. The molecule has 5 heteroatoms. The quantitative estimate of drug-likeness (QED) is 0.619. The third-order valence-corrected chi connectivity index (χ3v) is 4.60. The van der Waals surface area contributed by atoms with Gasteiger partial charge in [-0.1, -0.05) is 18.6 Å². The van der Waals surface area contributed by atoms with Crippen LogP contribution >= 0.6 is 0 Å². The van der Waals surface area contributed by atoms with Crippen LogP contribution in [-0.4, -0.2) is 44.0 Å². The summed E-state index contributed by atoms with van der Waals surface area (Å²) in [5.41, 5.74) is 0.243. The van der Waals surface area contributed by atoms with E-state index in [9.17, 15) is 4.79 Å². The van der Waals surface area contributed by atoms with E-state index in [-0.39, 0.29) is 30.0 Å². The highest BCUT2D eigenvalue weighted by Crippen LogP contribution is 2.43. The van der Waals surface area contributed by atoms with E-state index in [1.54, 1.807) is 7.11 Å². The van der Waals surface area contributed by atoms with Crippen molar-refractivity contribution in [3.05, 3.63) is 12.2 Å². The zero-order chi connectivity index (χ0) is 14.4. The molecule has 2 amide bonds. The van der Waals surface area contributed by atoms with Gasteiger partial charge in [0.25, 0.3) is 0 Å². The Morgan fingerprint density at radius 2 is 2.25 bits per heavy atom. The Hall–Kier alpha value is -1.07. The van der Waals surface area contributed by atoms with Gasteiger partial charge in [0.05, 0.1) is 0 Å². The Kier molecular flexibility index (Phi) is 5.43. The molecular weight excluding hydrogens is 256 g/mol. The Morgan fingerprint density at radius 1 is 1.45 bits per heavy atom. The first-order valence-electron chi connectivity index (χ1n) is 7.50. The Labute approximate surface area is 120 Å². The van der Waals surface area contributed by atoms with Crippen molar-refractivity contribution < 1.29 is 14.6 Å². The van der Waals surface area contributed by atoms with Crippen LogP contribution in [0.1, 0.15) is 32.1 Å². The lowest BCUT2D eigenvalue weighted by molar-refractivity contribution is 0.0711. The van der Waals surface area contributed by atoms with E-state index >= 15 is 0 Å². The number of urea groups is 1. The van der Waals surface area contributed by atoms with Crippen molar-refractivity contribution in [1.82, 2.24) is 10.6 Å². The zero-order valence-electron chi connectivity index (χ0n) is 12.2. The summed E-state index contributed by atoms with van der Waals surface area (Å²) in [7, 11) is 1.72. The van der Waals surface area contributed by atoms with Gasteiger partial charge in [-0.05, 0) is 31.1 Å². The highest BCUT2D eigenvalue weighted by atomic mass is 16.5. The number of aliphatic hydroxyl groups is 1. The molecule has 0 saturated heterocycles. The van der Waals surface area contributed by atoms with Crippen LogP contribution in [0.25, 0.3) is 0 Å². The summed E-state index contributed by atoms with van der Waals surface area (Å²) >= 11 is 0. The highest BCUT2D eigenvalue weighted by Gasteiger charge is 2.36. The lowest BCUT2D eigenvalue weighted by Crippen LogP contribution is -2.48. The molecule has 0 aromatic heterocycles. The second-order valence-electron chi connectivity index (χ2n) is 6.09. The number of carbonyl (C=O) groups excluding carboxylic acids is 1. The molecule has 0 bridgehead atoms. The first kappa shape index (κ1) is 15.3. The predicted octanol–water partition coefficient (Wildman–Crippen LogP) is 1.43. The number of aliphatic hydroxyl groups excluding tert-OH is 1. The molecule has 0 radical (unpaired) electrons. The van der Waals surface area contributed by atoms with Crippen LogP contribution < -0.4 is 10.6 Å². The molecule has 1 fully saturated rings. The number of rotatable bonds is 7. The van der Waals surface area contributed by atoms with Gasteiger partial charge in [0.1, 0.15) is 0 Å². The van der Waals surface area contributed by atoms with Gasteiger partial charge in [-0.25, -0.2) is 4.79 Å². The number of ether oxygens (including phenoxy) is 1. The topological polar surface area (TPSA) is 70.6 Å². The molecule has 3 N–H and O–H groups in total. The van der Waals surface area contributed by atoms with Crippen LogP contribution in [0.4, 0.5) is 4.79 Å². The summed E-state index contributed by atoms with van der Waals surface area (Å²) in [6.07, 6.45) is 9.33. The number of nitrogens with one attached hydrogen (secondary N) is 2. The Bertz CT molecular complexity index is 353. The van der Waals surface area contributed by atoms with Gasteiger partial charge in [-0.2, -0.15) is 0 Å². The minimum absolute atomic E-state index is 0.0449. The second kappa shape index (κ2) is 7.09. The molecule has 2 aliphatic rings. The molecule has 0 spiro atoms. The van der Waals surface area contributed by atoms with Crippen molar-refractivity contribution >= 4 is 6.03 Å². The highest BCUT2D eigenvalue weighted by molar-refractivity contribution is 5.74. The first-order valence-corrected chi connectivity index (χ1v) is 7.50. The van der Waals surface area contributed by atoms with Crippen molar-refractivity contribution in [2.24, 2.45) is 11.3 Å². The molecule has 0 unspecified atom stereocenters. The van der Waals surface area contributed by atoms with Crippen molar-refractivity contribution in [2.45, 2.75) is 38.1 Å². The molecule has 0 aromatic rings. The fourth-order valence-corrected chi connectivity index (χ4v) is 3.01. The Morgan fingerprint density at radius 3 is 2.80 bits per heavy atom. The van der Waals surface area contributed by atoms with E-state index in [1.165, 1.54) is 19.3 Å². The van der Waals surface area contributed by atoms with Crippen LogP contribution in [-0.2, 0) is 4.74 Å². The summed E-state index contributed by atoms with van der Waals surface area (Å²) in [6, 6.07) is -0.0644. The molecule has 0 aromatic carbocycles. The summed E-state index contributed by atoms with van der Waals surface area (Å²) in [6.45, 7) is 1.63. The molecular formula is C15H26N2O3. The van der Waals surface area contributed by atoms with Gasteiger partial charge in [-0.3, -0.25) is 0 Å². The van der Waals surface area contributed by atoms with Crippen molar-refractivity contribution in [3.8, 4) is 0 Å². The lowest BCUT2D eigenvalue weighted by atomic mass is 9.67. The number of carbonyl (C=O) groups is 1. The van der Waals surface area contributed by atoms with E-state index in [2.05, 4.69) is 10.6 Å². The van der Waals surface area contributed by atoms with Gasteiger partial charge in [-0.15, -0.1) is 0 Å². The first-order chi connectivity index (χ1) is 9.67. The lowest BCUT2D eigenvalue weighted by Gasteiger charge is -2.42. The monoisotopic (exact) mass is 282 g/mol. The average Bonchev–Trinajstić information content (AvgIpc) is 2.85. The third-order valence-electron chi connectivity index (χ3n) is 4.60. The van der Waals surface area contributed by atoms with E-state index < -0.39 is 0 Å². The van der Waals surface area contributed by atoms with Gasteiger partial charge >= 0.3 is 6.03 Å². The van der Waals surface area contributed by atoms with Crippen LogP contribution in [0.3, 0.4) is 0 Å². The molecule has 20 heavy (non-hydrogen) atoms. The molecule has 114 valence electrons. The minimum atomic E-state index is -0.109. The van der Waals surface area contributed by atoms with Gasteiger partial charge in [0.2, 0.25) is 0 Å². The summed E-state index contributed by atoms with van der Waals surface area (Å²) in [5, 5.41) is 15.0. The van der Waals surface area contributed by atoms with Crippen molar-refractivity contribution in [3.63, 3.8) is 0 Å². The maximum atomic E-state index is 11.9.